The second-order valence-electron chi connectivity index (χ2n) is 6.14. The third kappa shape index (κ3) is 5.67. The molecule has 6 nitrogen and oxygen atoms in total. The van der Waals surface area contributed by atoms with E-state index < -0.39 is 0 Å². The average Bonchev–Trinajstić information content (AvgIpc) is 3.11. The molecule has 0 bridgehead atoms. The van der Waals surface area contributed by atoms with Gasteiger partial charge in [-0.1, -0.05) is 36.3 Å². The van der Waals surface area contributed by atoms with Gasteiger partial charge in [0.25, 0.3) is 5.89 Å². The molecule has 2 aromatic carbocycles. The largest absolute Gasteiger partial charge is 0.484 e. The van der Waals surface area contributed by atoms with Gasteiger partial charge in [-0.25, -0.2) is 0 Å². The summed E-state index contributed by atoms with van der Waals surface area (Å²) in [4.78, 5) is 16.1. The van der Waals surface area contributed by atoms with Crippen LogP contribution in [0.3, 0.4) is 0 Å². The molecule has 1 heterocycles. The number of ether oxygens (including phenoxy) is 2. The number of benzene rings is 2. The first-order valence-electron chi connectivity index (χ1n) is 8.93. The summed E-state index contributed by atoms with van der Waals surface area (Å²) < 4.78 is 15.9. The van der Waals surface area contributed by atoms with E-state index in [0.717, 1.165) is 12.0 Å². The van der Waals surface area contributed by atoms with Gasteiger partial charge in [0.05, 0.1) is 0 Å². The second kappa shape index (κ2) is 8.98. The first-order chi connectivity index (χ1) is 13.1. The zero-order valence-corrected chi connectivity index (χ0v) is 15.5. The predicted octanol–water partition coefficient (Wildman–Crippen LogP) is 4.06. The van der Waals surface area contributed by atoms with E-state index in [1.807, 2.05) is 0 Å². The zero-order chi connectivity index (χ0) is 19.1. The molecule has 0 fully saturated rings. The molecular formula is C21H22N2O4. The minimum absolute atomic E-state index is 0.191. The van der Waals surface area contributed by atoms with Crippen LogP contribution >= 0.6 is 0 Å². The van der Waals surface area contributed by atoms with Crippen LogP contribution in [0.5, 0.6) is 11.5 Å². The van der Waals surface area contributed by atoms with Crippen LogP contribution < -0.4 is 9.47 Å². The van der Waals surface area contributed by atoms with Crippen LogP contribution in [-0.4, -0.2) is 16.1 Å². The Hall–Kier alpha value is -3.15. The molecular weight excluding hydrogens is 344 g/mol. The van der Waals surface area contributed by atoms with E-state index in [9.17, 15) is 4.79 Å². The maximum atomic E-state index is 12.0. The zero-order valence-electron chi connectivity index (χ0n) is 15.5. The van der Waals surface area contributed by atoms with E-state index in [1.165, 1.54) is 5.56 Å². The molecule has 0 saturated heterocycles. The van der Waals surface area contributed by atoms with Gasteiger partial charge in [0.1, 0.15) is 11.5 Å². The van der Waals surface area contributed by atoms with Gasteiger partial charge in [0.15, 0.2) is 12.4 Å². The minimum Gasteiger partial charge on any atom is -0.484 e. The van der Waals surface area contributed by atoms with E-state index in [4.69, 9.17) is 14.0 Å². The normalized spacial score (nSPS) is 10.6. The van der Waals surface area contributed by atoms with Gasteiger partial charge in [-0.2, -0.15) is 4.98 Å². The number of aromatic nitrogens is 2. The Kier molecular flexibility index (Phi) is 6.20. The fourth-order valence-corrected chi connectivity index (χ4v) is 2.52. The molecule has 27 heavy (non-hydrogen) atoms. The number of rotatable bonds is 8. The summed E-state index contributed by atoms with van der Waals surface area (Å²) in [5.41, 5.74) is 2.42. The van der Waals surface area contributed by atoms with Crippen LogP contribution in [0, 0.1) is 6.92 Å². The number of hydrogen-bond donors (Lipinski definition) is 0. The van der Waals surface area contributed by atoms with Gasteiger partial charge in [0, 0.05) is 6.42 Å². The molecule has 0 N–H and O–H groups in total. The van der Waals surface area contributed by atoms with Crippen molar-refractivity contribution >= 4 is 5.97 Å². The fourth-order valence-electron chi connectivity index (χ4n) is 2.52. The van der Waals surface area contributed by atoms with Gasteiger partial charge >= 0.3 is 5.97 Å². The van der Waals surface area contributed by atoms with Gasteiger partial charge < -0.3 is 14.0 Å². The number of carbonyl (C=O) groups is 1. The van der Waals surface area contributed by atoms with Crippen LogP contribution in [0.2, 0.25) is 0 Å². The van der Waals surface area contributed by atoms with Crippen molar-refractivity contribution in [2.24, 2.45) is 0 Å². The van der Waals surface area contributed by atoms with Crippen molar-refractivity contribution in [1.82, 2.24) is 10.1 Å². The summed E-state index contributed by atoms with van der Waals surface area (Å²) in [7, 11) is 0. The fraction of sp³-hybridized carbons (Fsp3) is 0.286. The summed E-state index contributed by atoms with van der Waals surface area (Å²) in [6.45, 7) is 4.06. The molecule has 0 radical (unpaired) electrons. The summed E-state index contributed by atoms with van der Waals surface area (Å²) in [5.74, 6) is 1.83. The van der Waals surface area contributed by atoms with E-state index >= 15 is 0 Å². The average molecular weight is 366 g/mol. The molecule has 6 heteroatoms. The first kappa shape index (κ1) is 18.6. The first-order valence-corrected chi connectivity index (χ1v) is 8.93. The van der Waals surface area contributed by atoms with Crippen molar-refractivity contribution in [2.45, 2.75) is 39.7 Å². The molecule has 3 aromatic rings. The number of esters is 1. The second-order valence-corrected chi connectivity index (χ2v) is 6.14. The standard InChI is InChI=1S/C21H22N2O4/c1-3-16-4-6-17(7-5-16)8-13-21(24)26-19-11-9-18(10-12-19)25-14-20-22-15(2)23-27-20/h4-7,9-12H,3,8,13-14H2,1-2H3. The predicted molar refractivity (Wildman–Crippen MR) is 99.6 cm³/mol. The van der Waals surface area contributed by atoms with E-state index in [0.29, 0.717) is 36.1 Å². The maximum absolute atomic E-state index is 12.0. The lowest BCUT2D eigenvalue weighted by atomic mass is 10.1. The van der Waals surface area contributed by atoms with Crippen molar-refractivity contribution < 1.29 is 18.8 Å². The topological polar surface area (TPSA) is 74.5 Å². The van der Waals surface area contributed by atoms with Crippen molar-refractivity contribution in [1.29, 1.82) is 0 Å². The number of aryl methyl sites for hydroxylation is 3. The van der Waals surface area contributed by atoms with Crippen LogP contribution in [0.25, 0.3) is 0 Å². The van der Waals surface area contributed by atoms with Crippen molar-refractivity contribution in [3.8, 4) is 11.5 Å². The van der Waals surface area contributed by atoms with E-state index in [-0.39, 0.29) is 12.6 Å². The highest BCUT2D eigenvalue weighted by Gasteiger charge is 2.07. The molecule has 0 atom stereocenters. The molecule has 3 rings (SSSR count). The Balaban J connectivity index is 1.44. The molecule has 0 amide bonds. The molecule has 0 spiro atoms. The summed E-state index contributed by atoms with van der Waals surface area (Å²) in [5, 5.41) is 3.70. The van der Waals surface area contributed by atoms with Crippen LogP contribution in [0.4, 0.5) is 0 Å². The lowest BCUT2D eigenvalue weighted by Crippen LogP contribution is -2.09. The monoisotopic (exact) mass is 366 g/mol. The molecule has 0 unspecified atom stereocenters. The van der Waals surface area contributed by atoms with Crippen molar-refractivity contribution in [2.75, 3.05) is 0 Å². The summed E-state index contributed by atoms with van der Waals surface area (Å²) in [6, 6.07) is 15.2. The molecule has 0 aliphatic heterocycles. The Bertz CT molecular complexity index is 870. The summed E-state index contributed by atoms with van der Waals surface area (Å²) >= 11 is 0. The Morgan fingerprint density at radius 2 is 1.67 bits per heavy atom. The maximum Gasteiger partial charge on any atom is 0.311 e. The minimum atomic E-state index is -0.260. The molecule has 140 valence electrons. The highest BCUT2D eigenvalue weighted by molar-refractivity contribution is 5.72. The van der Waals surface area contributed by atoms with Crippen LogP contribution in [0.1, 0.15) is 36.2 Å². The summed E-state index contributed by atoms with van der Waals surface area (Å²) in [6.07, 6.45) is 2.00. The lowest BCUT2D eigenvalue weighted by molar-refractivity contribution is -0.134. The van der Waals surface area contributed by atoms with Gasteiger partial charge in [0.2, 0.25) is 0 Å². The van der Waals surface area contributed by atoms with Gasteiger partial charge in [-0.3, -0.25) is 4.79 Å². The third-order valence-corrected chi connectivity index (χ3v) is 4.04. The van der Waals surface area contributed by atoms with E-state index in [2.05, 4.69) is 41.3 Å². The Morgan fingerprint density at radius 3 is 2.30 bits per heavy atom. The van der Waals surface area contributed by atoms with Gasteiger partial charge in [-0.15, -0.1) is 0 Å². The SMILES string of the molecule is CCc1ccc(CCC(=O)Oc2ccc(OCc3nc(C)no3)cc2)cc1. The highest BCUT2D eigenvalue weighted by atomic mass is 16.5. The quantitative estimate of drug-likeness (QED) is 0.442. The highest BCUT2D eigenvalue weighted by Crippen LogP contribution is 2.19. The smallest absolute Gasteiger partial charge is 0.311 e. The van der Waals surface area contributed by atoms with Crippen LogP contribution in [0.15, 0.2) is 53.1 Å². The molecule has 1 aromatic heterocycles. The molecule has 0 aliphatic rings. The van der Waals surface area contributed by atoms with Crippen LogP contribution in [-0.2, 0) is 24.2 Å². The number of hydrogen-bond acceptors (Lipinski definition) is 6. The van der Waals surface area contributed by atoms with Crippen molar-refractivity contribution in [3.63, 3.8) is 0 Å². The number of carbonyl (C=O) groups excluding carboxylic acids is 1. The third-order valence-electron chi connectivity index (χ3n) is 4.04. The van der Waals surface area contributed by atoms with Crippen molar-refractivity contribution in [3.05, 3.63) is 71.4 Å². The Labute approximate surface area is 158 Å². The lowest BCUT2D eigenvalue weighted by Gasteiger charge is -2.07. The van der Waals surface area contributed by atoms with Gasteiger partial charge in [-0.05, 0) is 55.2 Å². The molecule has 0 saturated carbocycles. The molecule has 0 aliphatic carbocycles. The Morgan fingerprint density at radius 1 is 1.00 bits per heavy atom. The van der Waals surface area contributed by atoms with E-state index in [1.54, 1.807) is 31.2 Å². The number of nitrogens with zero attached hydrogens (tertiary/aromatic N) is 2.